The van der Waals surface area contributed by atoms with Crippen molar-refractivity contribution in [1.82, 2.24) is 19.6 Å². The molecule has 182 valence electrons. The molecule has 36 heavy (non-hydrogen) atoms. The Balaban J connectivity index is 1.71. The number of pyridine rings is 1. The number of fused-ring (bicyclic) bond motifs is 1. The number of aromatic nitrogens is 4. The molecule has 3 aromatic heterocycles. The number of amides is 1. The maximum absolute atomic E-state index is 13.4. The number of imidazole rings is 1. The summed E-state index contributed by atoms with van der Waals surface area (Å²) in [5, 5.41) is 20.5. The number of aliphatic hydroxyl groups is 1. The molecule has 5 rings (SSSR count). The van der Waals surface area contributed by atoms with Crippen molar-refractivity contribution >= 4 is 39.6 Å². The Bertz CT molecular complexity index is 1550. The highest BCUT2D eigenvalue weighted by Gasteiger charge is 2.48. The van der Waals surface area contributed by atoms with Gasteiger partial charge in [0, 0.05) is 6.20 Å². The van der Waals surface area contributed by atoms with Gasteiger partial charge >= 0.3 is 5.91 Å². The van der Waals surface area contributed by atoms with Crippen LogP contribution in [0.5, 0.6) is 5.75 Å². The number of ether oxygens (including phenoxy) is 1. The molecule has 0 bridgehead atoms. The number of hydrogen-bond donors (Lipinski definition) is 1. The summed E-state index contributed by atoms with van der Waals surface area (Å²) in [6, 6.07) is 9.86. The number of aliphatic hydroxyl groups excluding tert-OH is 1. The van der Waals surface area contributed by atoms with Crippen LogP contribution in [0.1, 0.15) is 33.6 Å². The topological polar surface area (TPSA) is 110 Å². The predicted molar refractivity (Wildman–Crippen MR) is 136 cm³/mol. The summed E-state index contributed by atoms with van der Waals surface area (Å²) in [6.07, 6.45) is 3.48. The normalized spacial score (nSPS) is 17.2. The number of ketones is 1. The zero-order valence-corrected chi connectivity index (χ0v) is 20.7. The van der Waals surface area contributed by atoms with Crippen LogP contribution in [-0.4, -0.2) is 43.0 Å². The molecule has 0 aliphatic carbocycles. The largest absolute Gasteiger partial charge is 0.505 e. The van der Waals surface area contributed by atoms with E-state index in [0.29, 0.717) is 34.3 Å². The quantitative estimate of drug-likeness (QED) is 0.182. The molecule has 4 aromatic rings. The third kappa shape index (κ3) is 3.75. The number of anilines is 1. The Morgan fingerprint density at radius 2 is 1.92 bits per heavy atom. The molecular weight excluding hydrogens is 478 g/mol. The smallest absolute Gasteiger partial charge is 0.301 e. The molecule has 1 amide bonds. The average molecular weight is 502 g/mol. The molecular formula is C26H23N5O4S. The summed E-state index contributed by atoms with van der Waals surface area (Å²) in [4.78, 5) is 32.5. The molecule has 0 radical (unpaired) electrons. The van der Waals surface area contributed by atoms with E-state index in [0.717, 1.165) is 5.56 Å². The first kappa shape index (κ1) is 23.4. The van der Waals surface area contributed by atoms with E-state index >= 15 is 0 Å². The summed E-state index contributed by atoms with van der Waals surface area (Å²) in [7, 11) is 0. The van der Waals surface area contributed by atoms with Crippen molar-refractivity contribution in [3.63, 3.8) is 0 Å². The van der Waals surface area contributed by atoms with E-state index < -0.39 is 17.7 Å². The zero-order chi connectivity index (χ0) is 25.6. The molecule has 10 heteroatoms. The van der Waals surface area contributed by atoms with Gasteiger partial charge < -0.3 is 14.2 Å². The van der Waals surface area contributed by atoms with Crippen LogP contribution >= 0.6 is 11.3 Å². The molecule has 0 spiro atoms. The van der Waals surface area contributed by atoms with Crippen LogP contribution in [0.4, 0.5) is 5.13 Å². The van der Waals surface area contributed by atoms with Gasteiger partial charge in [-0.25, -0.2) is 4.98 Å². The van der Waals surface area contributed by atoms with E-state index in [-0.39, 0.29) is 22.2 Å². The van der Waals surface area contributed by atoms with Gasteiger partial charge in [-0.05, 0) is 50.1 Å². The van der Waals surface area contributed by atoms with E-state index in [1.165, 1.54) is 16.2 Å². The first-order chi connectivity index (χ1) is 17.3. The summed E-state index contributed by atoms with van der Waals surface area (Å²) in [5.41, 5.74) is 3.01. The maximum atomic E-state index is 13.4. The Labute approximate surface area is 211 Å². The van der Waals surface area contributed by atoms with Gasteiger partial charge in [-0.1, -0.05) is 42.2 Å². The van der Waals surface area contributed by atoms with E-state index in [9.17, 15) is 14.7 Å². The monoisotopic (exact) mass is 501 g/mol. The standard InChI is InChI=1S/C26H23N5O4S/c1-5-13-35-18-10-8-17(9-11-18)21-19(23(33)25(34)31(21)26-29-28-16(4)36-26)22(32)20-15(3)30-12-6-7-14(2)24(30)27-20/h5-12,21,32H,1,13H2,2-4H3/b22-19+. The van der Waals surface area contributed by atoms with Crippen molar-refractivity contribution in [2.24, 2.45) is 0 Å². The summed E-state index contributed by atoms with van der Waals surface area (Å²) in [6.45, 7) is 9.47. The molecule has 1 aromatic carbocycles. The van der Waals surface area contributed by atoms with Gasteiger partial charge in [0.2, 0.25) is 5.13 Å². The number of hydrogen-bond acceptors (Lipinski definition) is 8. The van der Waals surface area contributed by atoms with E-state index in [1.807, 2.05) is 29.7 Å². The molecule has 1 N–H and O–H groups in total. The third-order valence-electron chi connectivity index (χ3n) is 6.04. The fourth-order valence-electron chi connectivity index (χ4n) is 4.30. The highest BCUT2D eigenvalue weighted by atomic mass is 32.1. The summed E-state index contributed by atoms with van der Waals surface area (Å²) >= 11 is 1.19. The van der Waals surface area contributed by atoms with Crippen molar-refractivity contribution in [2.45, 2.75) is 26.8 Å². The average Bonchev–Trinajstić information content (AvgIpc) is 3.53. The van der Waals surface area contributed by atoms with E-state index in [1.54, 1.807) is 44.2 Å². The maximum Gasteiger partial charge on any atom is 0.301 e. The molecule has 1 unspecified atom stereocenters. The van der Waals surface area contributed by atoms with Gasteiger partial charge in [-0.3, -0.25) is 14.5 Å². The minimum absolute atomic E-state index is 0.0585. The van der Waals surface area contributed by atoms with Crippen LogP contribution in [0.25, 0.3) is 11.4 Å². The third-order valence-corrected chi connectivity index (χ3v) is 6.88. The second kappa shape index (κ2) is 9.04. The lowest BCUT2D eigenvalue weighted by Gasteiger charge is -2.22. The number of Topliss-reactive ketones (excluding diaryl/α,β-unsaturated/α-hetero) is 1. The summed E-state index contributed by atoms with van der Waals surface area (Å²) < 4.78 is 7.42. The molecule has 9 nitrogen and oxygen atoms in total. The SMILES string of the molecule is C=CCOc1ccc(C2/C(=C(\O)c3nc4c(C)cccn4c3C)C(=O)C(=O)N2c2nnc(C)s2)cc1. The molecule has 1 aliphatic rings. The fraction of sp³-hybridized carbons (Fsp3) is 0.192. The first-order valence-corrected chi connectivity index (χ1v) is 12.0. The van der Waals surface area contributed by atoms with Crippen LogP contribution in [0.2, 0.25) is 0 Å². The van der Waals surface area contributed by atoms with E-state index in [4.69, 9.17) is 4.74 Å². The number of benzene rings is 1. The van der Waals surface area contributed by atoms with Gasteiger partial charge in [-0.15, -0.1) is 10.2 Å². The molecule has 1 saturated heterocycles. The lowest BCUT2D eigenvalue weighted by Crippen LogP contribution is -2.29. The highest BCUT2D eigenvalue weighted by Crippen LogP contribution is 2.43. The molecule has 1 fully saturated rings. The Morgan fingerprint density at radius 3 is 2.56 bits per heavy atom. The Hall–Kier alpha value is -4.31. The van der Waals surface area contributed by atoms with Crippen molar-refractivity contribution in [2.75, 3.05) is 11.5 Å². The van der Waals surface area contributed by atoms with Crippen molar-refractivity contribution in [1.29, 1.82) is 0 Å². The second-order valence-corrected chi connectivity index (χ2v) is 9.53. The van der Waals surface area contributed by atoms with Gasteiger partial charge in [0.1, 0.15) is 28.7 Å². The van der Waals surface area contributed by atoms with Crippen molar-refractivity contribution in [3.05, 3.63) is 88.3 Å². The van der Waals surface area contributed by atoms with E-state index in [2.05, 4.69) is 21.8 Å². The Kier molecular flexibility index (Phi) is 5.89. The van der Waals surface area contributed by atoms with Gasteiger partial charge in [0.15, 0.2) is 5.76 Å². The van der Waals surface area contributed by atoms with Crippen molar-refractivity contribution < 1.29 is 19.4 Å². The zero-order valence-electron chi connectivity index (χ0n) is 19.9. The van der Waals surface area contributed by atoms with Crippen LogP contribution in [0, 0.1) is 20.8 Å². The molecule has 1 aliphatic heterocycles. The predicted octanol–water partition coefficient (Wildman–Crippen LogP) is 4.30. The number of nitrogens with zero attached hydrogens (tertiary/aromatic N) is 5. The minimum atomic E-state index is -0.920. The summed E-state index contributed by atoms with van der Waals surface area (Å²) in [5.74, 6) is -1.34. The number of carbonyl (C=O) groups is 2. The lowest BCUT2D eigenvalue weighted by atomic mass is 9.96. The Morgan fingerprint density at radius 1 is 1.17 bits per heavy atom. The number of carbonyl (C=O) groups excluding carboxylic acids is 2. The molecule has 4 heterocycles. The van der Waals surface area contributed by atoms with Gasteiger partial charge in [-0.2, -0.15) is 0 Å². The van der Waals surface area contributed by atoms with Crippen LogP contribution in [-0.2, 0) is 9.59 Å². The first-order valence-electron chi connectivity index (χ1n) is 11.2. The second-order valence-electron chi connectivity index (χ2n) is 8.37. The minimum Gasteiger partial charge on any atom is -0.505 e. The fourth-order valence-corrected chi connectivity index (χ4v) is 5.02. The molecule has 0 saturated carbocycles. The van der Waals surface area contributed by atoms with Crippen LogP contribution < -0.4 is 9.64 Å². The number of rotatable bonds is 6. The van der Waals surface area contributed by atoms with Crippen LogP contribution in [0.3, 0.4) is 0 Å². The van der Waals surface area contributed by atoms with Gasteiger partial charge in [0.25, 0.3) is 5.78 Å². The number of aryl methyl sites for hydroxylation is 3. The highest BCUT2D eigenvalue weighted by molar-refractivity contribution is 7.15. The van der Waals surface area contributed by atoms with Gasteiger partial charge in [0.05, 0.1) is 17.3 Å². The van der Waals surface area contributed by atoms with Crippen molar-refractivity contribution in [3.8, 4) is 5.75 Å². The molecule has 1 atom stereocenters. The van der Waals surface area contributed by atoms with Crippen LogP contribution in [0.15, 0.2) is 60.8 Å². The lowest BCUT2D eigenvalue weighted by molar-refractivity contribution is -0.132.